The molecule has 33 heavy (non-hydrogen) atoms. The van der Waals surface area contributed by atoms with E-state index in [1.165, 1.54) is 18.0 Å². The smallest absolute Gasteiger partial charge is 0.244 e. The summed E-state index contributed by atoms with van der Waals surface area (Å²) >= 11 is 18.5. The Kier molecular flexibility index (Phi) is 9.43. The van der Waals surface area contributed by atoms with E-state index in [0.29, 0.717) is 27.1 Å². The normalized spacial score (nSPS) is 12.2. The van der Waals surface area contributed by atoms with Gasteiger partial charge in [-0.25, -0.2) is 8.42 Å². The molecule has 0 bridgehead atoms. The van der Waals surface area contributed by atoms with E-state index in [2.05, 4.69) is 5.32 Å². The van der Waals surface area contributed by atoms with Crippen LogP contribution in [0.15, 0.2) is 36.4 Å². The van der Waals surface area contributed by atoms with Crippen LogP contribution in [0.5, 0.6) is 0 Å². The summed E-state index contributed by atoms with van der Waals surface area (Å²) in [5, 5.41) is 3.69. The molecule has 7 nitrogen and oxygen atoms in total. The van der Waals surface area contributed by atoms with E-state index in [0.717, 1.165) is 16.1 Å². The number of likely N-dealkylation sites (N-methyl/N-ethyl adjacent to an activating group) is 1. The van der Waals surface area contributed by atoms with Gasteiger partial charge in [0.2, 0.25) is 21.8 Å². The van der Waals surface area contributed by atoms with Crippen molar-refractivity contribution in [3.05, 3.63) is 62.6 Å². The number of carbonyl (C=O) groups is 2. The number of halogens is 3. The third-order valence-electron chi connectivity index (χ3n) is 5.11. The fourth-order valence-electron chi connectivity index (χ4n) is 3.27. The second-order valence-electron chi connectivity index (χ2n) is 7.50. The molecule has 0 spiro atoms. The van der Waals surface area contributed by atoms with Crippen LogP contribution < -0.4 is 9.62 Å². The molecule has 0 aliphatic rings. The number of aryl methyl sites for hydroxylation is 1. The highest BCUT2D eigenvalue weighted by Crippen LogP contribution is 2.27. The van der Waals surface area contributed by atoms with E-state index in [1.807, 2.05) is 0 Å². The monoisotopic (exact) mass is 533 g/mol. The minimum Gasteiger partial charge on any atom is -0.357 e. The van der Waals surface area contributed by atoms with Crippen LogP contribution in [0.4, 0.5) is 5.69 Å². The first-order valence-corrected chi connectivity index (χ1v) is 13.1. The Labute approximate surface area is 209 Å². The molecule has 0 saturated carbocycles. The fourth-order valence-corrected chi connectivity index (χ4v) is 4.75. The highest BCUT2D eigenvalue weighted by molar-refractivity contribution is 7.92. The van der Waals surface area contributed by atoms with Crippen LogP contribution in [0.2, 0.25) is 15.1 Å². The minimum absolute atomic E-state index is 0.00693. The van der Waals surface area contributed by atoms with E-state index in [1.54, 1.807) is 44.2 Å². The van der Waals surface area contributed by atoms with Gasteiger partial charge in [0, 0.05) is 28.7 Å². The first-order chi connectivity index (χ1) is 15.4. The van der Waals surface area contributed by atoms with Crippen molar-refractivity contribution in [3.63, 3.8) is 0 Å². The first-order valence-electron chi connectivity index (χ1n) is 10.1. The van der Waals surface area contributed by atoms with Crippen molar-refractivity contribution in [3.8, 4) is 0 Å². The Balaban J connectivity index is 2.48. The predicted molar refractivity (Wildman–Crippen MR) is 134 cm³/mol. The van der Waals surface area contributed by atoms with E-state index in [4.69, 9.17) is 34.8 Å². The molecule has 0 aliphatic heterocycles. The maximum absolute atomic E-state index is 13.5. The maximum Gasteiger partial charge on any atom is 0.244 e. The minimum atomic E-state index is -3.84. The Hall–Kier alpha value is -2.00. The van der Waals surface area contributed by atoms with Gasteiger partial charge in [0.05, 0.1) is 11.9 Å². The molecule has 0 aliphatic carbocycles. The molecule has 2 rings (SSSR count). The summed E-state index contributed by atoms with van der Waals surface area (Å²) in [6.07, 6.45) is 1.32. The standard InChI is InChI=1S/C22H26Cl3N3O4S/c1-5-20(22(30)26-3)27(12-15-7-8-16(23)10-19(15)25)21(29)13-28(33(4,31)32)17-9-6-14(2)18(24)11-17/h6-11,20H,5,12-13H2,1-4H3,(H,26,30). The van der Waals surface area contributed by atoms with Gasteiger partial charge < -0.3 is 10.2 Å². The van der Waals surface area contributed by atoms with Gasteiger partial charge in [-0.15, -0.1) is 0 Å². The van der Waals surface area contributed by atoms with E-state index < -0.39 is 28.5 Å². The van der Waals surface area contributed by atoms with Crippen molar-refractivity contribution in [1.82, 2.24) is 10.2 Å². The van der Waals surface area contributed by atoms with Crippen LogP contribution >= 0.6 is 34.8 Å². The lowest BCUT2D eigenvalue weighted by Crippen LogP contribution is -2.51. The quantitative estimate of drug-likeness (QED) is 0.520. The molecule has 11 heteroatoms. The molecule has 2 aromatic carbocycles. The third-order valence-corrected chi connectivity index (χ3v) is 7.25. The molecule has 0 heterocycles. The lowest BCUT2D eigenvalue weighted by Gasteiger charge is -2.32. The maximum atomic E-state index is 13.5. The molecule has 2 aromatic rings. The van der Waals surface area contributed by atoms with Crippen molar-refractivity contribution in [1.29, 1.82) is 0 Å². The summed E-state index contributed by atoms with van der Waals surface area (Å²) in [6, 6.07) is 8.73. The number of amides is 2. The molecule has 0 fully saturated rings. The van der Waals surface area contributed by atoms with Crippen LogP contribution in [0.25, 0.3) is 0 Å². The van der Waals surface area contributed by atoms with Crippen LogP contribution in [-0.2, 0) is 26.2 Å². The number of nitrogens with zero attached hydrogens (tertiary/aromatic N) is 2. The molecule has 1 atom stereocenters. The van der Waals surface area contributed by atoms with Gasteiger partial charge in [-0.1, -0.05) is 53.9 Å². The van der Waals surface area contributed by atoms with Gasteiger partial charge in [-0.3, -0.25) is 13.9 Å². The van der Waals surface area contributed by atoms with Crippen LogP contribution in [0.3, 0.4) is 0 Å². The SMILES string of the molecule is CCC(C(=O)NC)N(Cc1ccc(Cl)cc1Cl)C(=O)CN(c1ccc(C)c(Cl)c1)S(C)(=O)=O. The van der Waals surface area contributed by atoms with Gasteiger partial charge in [-0.2, -0.15) is 0 Å². The summed E-state index contributed by atoms with van der Waals surface area (Å²) in [7, 11) is -2.37. The van der Waals surface area contributed by atoms with Crippen molar-refractivity contribution < 1.29 is 18.0 Å². The number of carbonyl (C=O) groups excluding carboxylic acids is 2. The van der Waals surface area contributed by atoms with E-state index in [-0.39, 0.29) is 18.1 Å². The number of rotatable bonds is 9. The third kappa shape index (κ3) is 6.99. The summed E-state index contributed by atoms with van der Waals surface area (Å²) in [5.41, 5.74) is 1.59. The molecule has 0 radical (unpaired) electrons. The number of hydrogen-bond acceptors (Lipinski definition) is 4. The van der Waals surface area contributed by atoms with E-state index in [9.17, 15) is 18.0 Å². The van der Waals surface area contributed by atoms with Crippen LogP contribution in [0, 0.1) is 6.92 Å². The van der Waals surface area contributed by atoms with Crippen LogP contribution in [0.1, 0.15) is 24.5 Å². The summed E-state index contributed by atoms with van der Waals surface area (Å²) in [5.74, 6) is -0.946. The number of nitrogens with one attached hydrogen (secondary N) is 1. The lowest BCUT2D eigenvalue weighted by atomic mass is 10.1. The zero-order chi connectivity index (χ0) is 24.9. The van der Waals surface area contributed by atoms with Gasteiger partial charge >= 0.3 is 0 Å². The van der Waals surface area contributed by atoms with Crippen molar-refractivity contribution in [2.24, 2.45) is 0 Å². The van der Waals surface area contributed by atoms with Crippen molar-refractivity contribution >= 4 is 62.3 Å². The molecule has 180 valence electrons. The zero-order valence-corrected chi connectivity index (χ0v) is 21.8. The first kappa shape index (κ1) is 27.2. The van der Waals surface area contributed by atoms with Crippen LogP contribution in [-0.4, -0.2) is 51.0 Å². The summed E-state index contributed by atoms with van der Waals surface area (Å²) in [6.45, 7) is 3.02. The second kappa shape index (κ2) is 11.4. The van der Waals surface area contributed by atoms with Gasteiger partial charge in [0.25, 0.3) is 0 Å². The topological polar surface area (TPSA) is 86.8 Å². The number of hydrogen-bond donors (Lipinski definition) is 1. The summed E-state index contributed by atoms with van der Waals surface area (Å²) in [4.78, 5) is 27.3. The number of anilines is 1. The molecule has 1 unspecified atom stereocenters. The zero-order valence-electron chi connectivity index (χ0n) is 18.7. The molecular weight excluding hydrogens is 509 g/mol. The Bertz CT molecular complexity index is 1140. The van der Waals surface area contributed by atoms with E-state index >= 15 is 0 Å². The second-order valence-corrected chi connectivity index (χ2v) is 10.7. The number of sulfonamides is 1. The molecular formula is C22H26Cl3N3O4S. The summed E-state index contributed by atoms with van der Waals surface area (Å²) < 4.78 is 26.1. The molecule has 0 saturated heterocycles. The predicted octanol–water partition coefficient (Wildman–Crippen LogP) is 4.27. The van der Waals surface area contributed by atoms with Crippen molar-refractivity contribution in [2.75, 3.05) is 24.2 Å². The molecule has 1 N–H and O–H groups in total. The Morgan fingerprint density at radius 2 is 1.73 bits per heavy atom. The number of benzene rings is 2. The molecule has 2 amide bonds. The molecule has 0 aromatic heterocycles. The van der Waals surface area contributed by atoms with Gasteiger partial charge in [-0.05, 0) is 48.7 Å². The van der Waals surface area contributed by atoms with Gasteiger partial charge in [0.15, 0.2) is 0 Å². The lowest BCUT2D eigenvalue weighted by molar-refractivity contribution is -0.140. The Morgan fingerprint density at radius 1 is 1.06 bits per heavy atom. The average molecular weight is 535 g/mol. The Morgan fingerprint density at radius 3 is 2.24 bits per heavy atom. The van der Waals surface area contributed by atoms with Crippen molar-refractivity contribution in [2.45, 2.75) is 32.9 Å². The largest absolute Gasteiger partial charge is 0.357 e. The highest BCUT2D eigenvalue weighted by atomic mass is 35.5. The highest BCUT2D eigenvalue weighted by Gasteiger charge is 2.31. The van der Waals surface area contributed by atoms with Gasteiger partial charge in [0.1, 0.15) is 12.6 Å². The average Bonchev–Trinajstić information content (AvgIpc) is 2.74. The fraction of sp³-hybridized carbons (Fsp3) is 0.364.